The van der Waals surface area contributed by atoms with Gasteiger partial charge in [-0.05, 0) is 64.7 Å². The lowest BCUT2D eigenvalue weighted by Crippen LogP contribution is -1.98. The van der Waals surface area contributed by atoms with Crippen LogP contribution >= 0.6 is 0 Å². The lowest BCUT2D eigenvalue weighted by Gasteiger charge is -2.13. The molecule has 0 aliphatic heterocycles. The SMILES string of the molecule is C=C/C=C(\C=C)c1cc(-c2ccccc2)cc(-n2c3ccccc3n3c4ccccc4nc23)c1. The van der Waals surface area contributed by atoms with Crippen LogP contribution in [0.2, 0.25) is 0 Å². The first-order valence-corrected chi connectivity index (χ1v) is 11.3. The Balaban J connectivity index is 1.73. The molecule has 0 amide bonds. The molecular weight excluding hydrogens is 414 g/mol. The normalized spacial score (nSPS) is 11.9. The first-order chi connectivity index (χ1) is 16.8. The van der Waals surface area contributed by atoms with Gasteiger partial charge >= 0.3 is 0 Å². The van der Waals surface area contributed by atoms with Crippen LogP contribution in [0.15, 0.2) is 128 Å². The maximum absolute atomic E-state index is 5.04. The first kappa shape index (κ1) is 20.0. The molecule has 0 spiro atoms. The summed E-state index contributed by atoms with van der Waals surface area (Å²) < 4.78 is 4.49. The number of imidazole rings is 2. The molecule has 0 N–H and O–H groups in total. The quantitative estimate of drug-likeness (QED) is 0.252. The van der Waals surface area contributed by atoms with Gasteiger partial charge in [0.05, 0.1) is 27.8 Å². The molecule has 0 aliphatic rings. The highest BCUT2D eigenvalue weighted by Crippen LogP contribution is 2.33. The third-order valence-electron chi connectivity index (χ3n) is 6.24. The molecule has 0 saturated heterocycles. The van der Waals surface area contributed by atoms with Gasteiger partial charge in [0.1, 0.15) is 0 Å². The van der Waals surface area contributed by atoms with Crippen LogP contribution in [0.25, 0.3) is 50.2 Å². The summed E-state index contributed by atoms with van der Waals surface area (Å²) in [7, 11) is 0. The minimum Gasteiger partial charge on any atom is -0.278 e. The second-order valence-corrected chi connectivity index (χ2v) is 8.26. The van der Waals surface area contributed by atoms with Crippen LogP contribution in [0.3, 0.4) is 0 Å². The fourth-order valence-corrected chi connectivity index (χ4v) is 4.72. The molecule has 3 heteroatoms. The smallest absolute Gasteiger partial charge is 0.220 e. The zero-order valence-electron chi connectivity index (χ0n) is 18.7. The molecule has 0 fully saturated rings. The molecule has 0 radical (unpaired) electrons. The second-order valence-electron chi connectivity index (χ2n) is 8.26. The predicted molar refractivity (Wildman–Crippen MR) is 143 cm³/mol. The Kier molecular flexibility index (Phi) is 4.74. The predicted octanol–water partition coefficient (Wildman–Crippen LogP) is 7.85. The van der Waals surface area contributed by atoms with E-state index in [1.54, 1.807) is 6.08 Å². The van der Waals surface area contributed by atoms with E-state index in [2.05, 4.69) is 107 Å². The van der Waals surface area contributed by atoms with Crippen molar-refractivity contribution in [2.45, 2.75) is 0 Å². The highest BCUT2D eigenvalue weighted by molar-refractivity contribution is 5.92. The Morgan fingerprint density at radius 1 is 0.706 bits per heavy atom. The minimum absolute atomic E-state index is 0.895. The average molecular weight is 438 g/mol. The number of allylic oxidation sites excluding steroid dienone is 4. The fourth-order valence-electron chi connectivity index (χ4n) is 4.72. The van der Waals surface area contributed by atoms with E-state index in [0.29, 0.717) is 0 Å². The number of rotatable bonds is 5. The van der Waals surface area contributed by atoms with E-state index in [4.69, 9.17) is 4.98 Å². The van der Waals surface area contributed by atoms with Gasteiger partial charge in [0.15, 0.2) is 0 Å². The Hall–Kier alpha value is -4.63. The van der Waals surface area contributed by atoms with Crippen molar-refractivity contribution in [3.8, 4) is 16.8 Å². The van der Waals surface area contributed by atoms with E-state index in [-0.39, 0.29) is 0 Å². The van der Waals surface area contributed by atoms with E-state index in [1.807, 2.05) is 24.3 Å². The van der Waals surface area contributed by atoms with Crippen molar-refractivity contribution in [3.63, 3.8) is 0 Å². The van der Waals surface area contributed by atoms with E-state index < -0.39 is 0 Å². The highest BCUT2D eigenvalue weighted by atomic mass is 15.2. The number of benzene rings is 4. The van der Waals surface area contributed by atoms with Crippen LogP contribution in [0, 0.1) is 0 Å². The Labute approximate surface area is 198 Å². The Morgan fingerprint density at radius 3 is 2.18 bits per heavy atom. The maximum Gasteiger partial charge on any atom is 0.220 e. The third kappa shape index (κ3) is 3.10. The van der Waals surface area contributed by atoms with Gasteiger partial charge in [0.25, 0.3) is 0 Å². The molecule has 0 atom stereocenters. The van der Waals surface area contributed by atoms with Crippen molar-refractivity contribution >= 4 is 33.4 Å². The lowest BCUT2D eigenvalue weighted by molar-refractivity contribution is 1.11. The van der Waals surface area contributed by atoms with Gasteiger partial charge in [-0.2, -0.15) is 0 Å². The molecule has 162 valence electrons. The molecule has 0 unspecified atom stereocenters. The zero-order valence-corrected chi connectivity index (χ0v) is 18.7. The Bertz CT molecular complexity index is 1730. The van der Waals surface area contributed by atoms with Crippen LogP contribution in [0.1, 0.15) is 5.56 Å². The van der Waals surface area contributed by atoms with E-state index in [1.165, 1.54) is 0 Å². The molecule has 3 nitrogen and oxygen atoms in total. The molecule has 34 heavy (non-hydrogen) atoms. The van der Waals surface area contributed by atoms with Crippen LogP contribution < -0.4 is 0 Å². The Morgan fingerprint density at radius 2 is 1.41 bits per heavy atom. The number of aromatic nitrogens is 3. The van der Waals surface area contributed by atoms with Crippen LogP contribution in [-0.4, -0.2) is 14.0 Å². The first-order valence-electron chi connectivity index (χ1n) is 11.3. The number of para-hydroxylation sites is 4. The molecular formula is C31H23N3. The van der Waals surface area contributed by atoms with E-state index in [0.717, 1.165) is 55.8 Å². The lowest BCUT2D eigenvalue weighted by atomic mass is 9.97. The van der Waals surface area contributed by atoms with Crippen molar-refractivity contribution in [3.05, 3.63) is 134 Å². The topological polar surface area (TPSA) is 22.2 Å². The molecule has 0 saturated carbocycles. The number of hydrogen-bond donors (Lipinski definition) is 0. The summed E-state index contributed by atoms with van der Waals surface area (Å²) in [6, 6.07) is 33.9. The van der Waals surface area contributed by atoms with Crippen molar-refractivity contribution in [2.24, 2.45) is 0 Å². The molecule has 4 aromatic carbocycles. The van der Waals surface area contributed by atoms with Gasteiger partial charge in [-0.1, -0.05) is 86.0 Å². The summed E-state index contributed by atoms with van der Waals surface area (Å²) >= 11 is 0. The second kappa shape index (κ2) is 8.05. The molecule has 0 bridgehead atoms. The van der Waals surface area contributed by atoms with Gasteiger partial charge in [-0.3, -0.25) is 8.97 Å². The van der Waals surface area contributed by atoms with Crippen molar-refractivity contribution in [1.82, 2.24) is 14.0 Å². The number of nitrogens with zero attached hydrogens (tertiary/aromatic N) is 3. The van der Waals surface area contributed by atoms with Crippen molar-refractivity contribution in [1.29, 1.82) is 0 Å². The summed E-state index contributed by atoms with van der Waals surface area (Å²) in [5.74, 6) is 0.895. The van der Waals surface area contributed by atoms with Gasteiger partial charge < -0.3 is 0 Å². The van der Waals surface area contributed by atoms with Crippen LogP contribution in [-0.2, 0) is 0 Å². The molecule has 6 aromatic rings. The van der Waals surface area contributed by atoms with E-state index in [9.17, 15) is 0 Å². The van der Waals surface area contributed by atoms with Crippen LogP contribution in [0.4, 0.5) is 0 Å². The standard InChI is InChI=1S/C31H23N3/c1-3-12-22(4-2)24-19-25(23-13-6-5-7-14-23)21-26(20-24)33-29-17-10-11-18-30(29)34-28-16-9-8-15-27(28)32-31(33)34/h3-21H,1-2H2/b22-12+. The fraction of sp³-hybridized carbons (Fsp3) is 0. The summed E-state index contributed by atoms with van der Waals surface area (Å²) in [5.41, 5.74) is 9.77. The van der Waals surface area contributed by atoms with Crippen molar-refractivity contribution < 1.29 is 0 Å². The molecule has 6 rings (SSSR count). The van der Waals surface area contributed by atoms with Crippen LogP contribution in [0.5, 0.6) is 0 Å². The van der Waals surface area contributed by atoms with Gasteiger partial charge in [-0.15, -0.1) is 0 Å². The largest absolute Gasteiger partial charge is 0.278 e. The minimum atomic E-state index is 0.895. The van der Waals surface area contributed by atoms with Gasteiger partial charge in [0.2, 0.25) is 5.78 Å². The summed E-state index contributed by atoms with van der Waals surface area (Å²) in [6.07, 6.45) is 5.67. The highest BCUT2D eigenvalue weighted by Gasteiger charge is 2.18. The number of hydrogen-bond acceptors (Lipinski definition) is 1. The van der Waals surface area contributed by atoms with E-state index >= 15 is 0 Å². The summed E-state index contributed by atoms with van der Waals surface area (Å²) in [6.45, 7) is 7.93. The third-order valence-corrected chi connectivity index (χ3v) is 6.24. The van der Waals surface area contributed by atoms with Gasteiger partial charge in [0, 0.05) is 0 Å². The average Bonchev–Trinajstić information content (AvgIpc) is 3.42. The summed E-state index contributed by atoms with van der Waals surface area (Å²) in [5, 5.41) is 0. The zero-order chi connectivity index (χ0) is 23.1. The molecule has 2 heterocycles. The maximum atomic E-state index is 5.04. The monoisotopic (exact) mass is 437 g/mol. The molecule has 0 aliphatic carbocycles. The van der Waals surface area contributed by atoms with Crippen molar-refractivity contribution in [2.75, 3.05) is 0 Å². The molecule has 2 aromatic heterocycles. The number of fused-ring (bicyclic) bond motifs is 5. The van der Waals surface area contributed by atoms with Gasteiger partial charge in [-0.25, -0.2) is 4.98 Å². The summed E-state index contributed by atoms with van der Waals surface area (Å²) in [4.78, 5) is 5.04.